The van der Waals surface area contributed by atoms with Gasteiger partial charge in [0.1, 0.15) is 0 Å². The Hall–Kier alpha value is -1.55. The van der Waals surface area contributed by atoms with Gasteiger partial charge in [-0.1, -0.05) is 17.7 Å². The summed E-state index contributed by atoms with van der Waals surface area (Å²) in [6.45, 7) is 7.11. The first-order valence-electron chi connectivity index (χ1n) is 7.92. The van der Waals surface area contributed by atoms with Crippen LogP contribution in [0.2, 0.25) is 0 Å². The van der Waals surface area contributed by atoms with Gasteiger partial charge in [-0.2, -0.15) is 0 Å². The molecular formula is C17H24N2O2. The van der Waals surface area contributed by atoms with Crippen LogP contribution in [0.4, 0.5) is 5.69 Å². The lowest BCUT2D eigenvalue weighted by molar-refractivity contribution is -0.138. The fourth-order valence-electron chi connectivity index (χ4n) is 3.14. The highest BCUT2D eigenvalue weighted by molar-refractivity contribution is 5.79. The van der Waals surface area contributed by atoms with Crippen molar-refractivity contribution in [3.8, 4) is 0 Å². The summed E-state index contributed by atoms with van der Waals surface area (Å²) in [5.74, 6) is 0.520. The standard InChI is InChI=1S/C17H24N2O2/c1-14-2-4-16(5-3-14)18-8-10-19(11-9-18)17(20)15-6-12-21-13-7-15/h2-5,15H,6-13H2,1H3. The molecule has 2 aliphatic heterocycles. The molecule has 0 spiro atoms. The Labute approximate surface area is 126 Å². The zero-order valence-electron chi connectivity index (χ0n) is 12.8. The molecule has 0 bridgehead atoms. The van der Waals surface area contributed by atoms with Gasteiger partial charge in [-0.05, 0) is 31.9 Å². The van der Waals surface area contributed by atoms with Crippen LogP contribution in [0.15, 0.2) is 24.3 Å². The second kappa shape index (κ2) is 6.48. The van der Waals surface area contributed by atoms with E-state index in [2.05, 4.69) is 36.1 Å². The predicted octanol–water partition coefficient (Wildman–Crippen LogP) is 2.07. The molecule has 0 N–H and O–H groups in total. The number of amides is 1. The van der Waals surface area contributed by atoms with Crippen molar-refractivity contribution < 1.29 is 9.53 Å². The van der Waals surface area contributed by atoms with Crippen LogP contribution in [0.25, 0.3) is 0 Å². The number of piperazine rings is 1. The van der Waals surface area contributed by atoms with Crippen LogP contribution in [0.3, 0.4) is 0 Å². The second-order valence-electron chi connectivity index (χ2n) is 6.03. The number of benzene rings is 1. The molecular weight excluding hydrogens is 264 g/mol. The van der Waals surface area contributed by atoms with E-state index in [1.807, 2.05) is 4.90 Å². The molecule has 2 heterocycles. The van der Waals surface area contributed by atoms with Crippen LogP contribution in [0, 0.1) is 12.8 Å². The smallest absolute Gasteiger partial charge is 0.225 e. The van der Waals surface area contributed by atoms with E-state index in [9.17, 15) is 4.79 Å². The van der Waals surface area contributed by atoms with Crippen LogP contribution >= 0.6 is 0 Å². The third-order valence-electron chi connectivity index (χ3n) is 4.56. The highest BCUT2D eigenvalue weighted by Crippen LogP contribution is 2.21. The Balaban J connectivity index is 1.54. The van der Waals surface area contributed by atoms with E-state index in [4.69, 9.17) is 4.74 Å². The molecule has 21 heavy (non-hydrogen) atoms. The number of aryl methyl sites for hydroxylation is 1. The van der Waals surface area contributed by atoms with E-state index in [1.54, 1.807) is 0 Å². The Morgan fingerprint density at radius 1 is 1.05 bits per heavy atom. The molecule has 0 unspecified atom stereocenters. The molecule has 0 saturated carbocycles. The lowest BCUT2D eigenvalue weighted by Gasteiger charge is -2.38. The number of ether oxygens (including phenoxy) is 1. The van der Waals surface area contributed by atoms with Crippen molar-refractivity contribution in [3.63, 3.8) is 0 Å². The van der Waals surface area contributed by atoms with Crippen molar-refractivity contribution >= 4 is 11.6 Å². The molecule has 3 rings (SSSR count). The topological polar surface area (TPSA) is 32.8 Å². The second-order valence-corrected chi connectivity index (χ2v) is 6.03. The summed E-state index contributed by atoms with van der Waals surface area (Å²) in [7, 11) is 0. The maximum Gasteiger partial charge on any atom is 0.225 e. The molecule has 0 atom stereocenters. The quantitative estimate of drug-likeness (QED) is 0.835. The Morgan fingerprint density at radius 3 is 2.29 bits per heavy atom. The van der Waals surface area contributed by atoms with Crippen molar-refractivity contribution in [3.05, 3.63) is 29.8 Å². The molecule has 1 aromatic rings. The number of hydrogen-bond acceptors (Lipinski definition) is 3. The lowest BCUT2D eigenvalue weighted by atomic mass is 9.98. The molecule has 2 aliphatic rings. The van der Waals surface area contributed by atoms with E-state index in [0.717, 1.165) is 52.2 Å². The average Bonchev–Trinajstić information content (AvgIpc) is 2.56. The molecule has 2 fully saturated rings. The van der Waals surface area contributed by atoms with E-state index < -0.39 is 0 Å². The summed E-state index contributed by atoms with van der Waals surface area (Å²) < 4.78 is 5.34. The van der Waals surface area contributed by atoms with Gasteiger partial charge in [0.15, 0.2) is 0 Å². The van der Waals surface area contributed by atoms with Crippen LogP contribution < -0.4 is 4.90 Å². The van der Waals surface area contributed by atoms with Crippen molar-refractivity contribution in [1.82, 2.24) is 4.90 Å². The summed E-state index contributed by atoms with van der Waals surface area (Å²) in [6.07, 6.45) is 1.77. The van der Waals surface area contributed by atoms with Gasteiger partial charge in [-0.3, -0.25) is 4.79 Å². The molecule has 4 heteroatoms. The van der Waals surface area contributed by atoms with Crippen LogP contribution in [-0.4, -0.2) is 50.2 Å². The third kappa shape index (κ3) is 3.38. The average molecular weight is 288 g/mol. The highest BCUT2D eigenvalue weighted by atomic mass is 16.5. The monoisotopic (exact) mass is 288 g/mol. The molecule has 1 amide bonds. The molecule has 2 saturated heterocycles. The first-order valence-corrected chi connectivity index (χ1v) is 7.92. The minimum absolute atomic E-state index is 0.185. The largest absolute Gasteiger partial charge is 0.381 e. The van der Waals surface area contributed by atoms with Crippen LogP contribution in [0.5, 0.6) is 0 Å². The number of nitrogens with zero attached hydrogens (tertiary/aromatic N) is 2. The molecule has 114 valence electrons. The maximum absolute atomic E-state index is 12.5. The molecule has 4 nitrogen and oxygen atoms in total. The van der Waals surface area contributed by atoms with Crippen molar-refractivity contribution in [2.45, 2.75) is 19.8 Å². The minimum Gasteiger partial charge on any atom is -0.381 e. The minimum atomic E-state index is 0.185. The van der Waals surface area contributed by atoms with Gasteiger partial charge >= 0.3 is 0 Å². The van der Waals surface area contributed by atoms with Gasteiger partial charge < -0.3 is 14.5 Å². The van der Waals surface area contributed by atoms with E-state index >= 15 is 0 Å². The number of anilines is 1. The van der Waals surface area contributed by atoms with Crippen molar-refractivity contribution in [2.24, 2.45) is 5.92 Å². The zero-order valence-corrected chi connectivity index (χ0v) is 12.8. The Bertz CT molecular complexity index is 472. The molecule has 1 aromatic carbocycles. The van der Waals surface area contributed by atoms with Gasteiger partial charge in [-0.25, -0.2) is 0 Å². The Kier molecular flexibility index (Phi) is 4.44. The first-order chi connectivity index (χ1) is 10.2. The van der Waals surface area contributed by atoms with E-state index in [0.29, 0.717) is 5.91 Å². The van der Waals surface area contributed by atoms with Crippen LogP contribution in [-0.2, 0) is 9.53 Å². The molecule has 0 aliphatic carbocycles. The number of rotatable bonds is 2. The first kappa shape index (κ1) is 14.4. The summed E-state index contributed by atoms with van der Waals surface area (Å²) in [5.41, 5.74) is 2.55. The van der Waals surface area contributed by atoms with Crippen molar-refractivity contribution in [2.75, 3.05) is 44.3 Å². The lowest BCUT2D eigenvalue weighted by Crippen LogP contribution is -2.51. The summed E-state index contributed by atoms with van der Waals surface area (Å²) in [4.78, 5) is 16.9. The number of carbonyl (C=O) groups excluding carboxylic acids is 1. The van der Waals surface area contributed by atoms with E-state index in [1.165, 1.54) is 11.3 Å². The van der Waals surface area contributed by atoms with E-state index in [-0.39, 0.29) is 5.92 Å². The van der Waals surface area contributed by atoms with Crippen molar-refractivity contribution in [1.29, 1.82) is 0 Å². The fourth-order valence-corrected chi connectivity index (χ4v) is 3.14. The highest BCUT2D eigenvalue weighted by Gasteiger charge is 2.28. The van der Waals surface area contributed by atoms with Gasteiger partial charge in [0, 0.05) is 51.0 Å². The summed E-state index contributed by atoms with van der Waals surface area (Å²) in [5, 5.41) is 0. The van der Waals surface area contributed by atoms with Gasteiger partial charge in [0.2, 0.25) is 5.91 Å². The fraction of sp³-hybridized carbons (Fsp3) is 0.588. The SMILES string of the molecule is Cc1ccc(N2CCN(C(=O)C3CCOCC3)CC2)cc1. The van der Waals surface area contributed by atoms with Gasteiger partial charge in [0.25, 0.3) is 0 Å². The van der Waals surface area contributed by atoms with Gasteiger partial charge in [-0.15, -0.1) is 0 Å². The molecule has 0 radical (unpaired) electrons. The van der Waals surface area contributed by atoms with Crippen LogP contribution in [0.1, 0.15) is 18.4 Å². The van der Waals surface area contributed by atoms with Gasteiger partial charge in [0.05, 0.1) is 0 Å². The predicted molar refractivity (Wildman–Crippen MR) is 83.5 cm³/mol. The summed E-state index contributed by atoms with van der Waals surface area (Å²) >= 11 is 0. The molecule has 0 aromatic heterocycles. The zero-order chi connectivity index (χ0) is 14.7. The maximum atomic E-state index is 12.5. The third-order valence-corrected chi connectivity index (χ3v) is 4.56. The summed E-state index contributed by atoms with van der Waals surface area (Å²) in [6, 6.07) is 8.64. The Morgan fingerprint density at radius 2 is 1.67 bits per heavy atom. The number of carbonyl (C=O) groups is 1. The number of hydrogen-bond donors (Lipinski definition) is 0. The normalized spacial score (nSPS) is 20.6.